The van der Waals surface area contributed by atoms with E-state index in [2.05, 4.69) is 10.0 Å². The predicted molar refractivity (Wildman–Crippen MR) is 117 cm³/mol. The highest BCUT2D eigenvalue weighted by atomic mass is 32.2. The van der Waals surface area contributed by atoms with E-state index in [4.69, 9.17) is 9.47 Å². The molecule has 0 saturated carbocycles. The number of halogens is 1. The quantitative estimate of drug-likeness (QED) is 0.635. The van der Waals surface area contributed by atoms with Crippen molar-refractivity contribution in [3.63, 3.8) is 0 Å². The maximum Gasteiger partial charge on any atom is 0.407 e. The van der Waals surface area contributed by atoms with Crippen molar-refractivity contribution in [2.45, 2.75) is 39.5 Å². The monoisotopic (exact) mass is 450 g/mol. The number of ether oxygens (including phenoxy) is 2. The van der Waals surface area contributed by atoms with Gasteiger partial charge in [0.1, 0.15) is 17.2 Å². The first-order valence-corrected chi connectivity index (χ1v) is 11.1. The molecule has 0 unspecified atom stereocenters. The number of hydrogen-bond donors (Lipinski definition) is 2. The molecule has 0 aliphatic heterocycles. The molecule has 0 spiro atoms. The van der Waals surface area contributed by atoms with Gasteiger partial charge in [-0.05, 0) is 67.8 Å². The van der Waals surface area contributed by atoms with Crippen LogP contribution in [0.15, 0.2) is 47.9 Å². The molecule has 0 aliphatic rings. The summed E-state index contributed by atoms with van der Waals surface area (Å²) in [6.07, 6.45) is 0.845. The van der Waals surface area contributed by atoms with Crippen molar-refractivity contribution < 1.29 is 27.1 Å². The highest BCUT2D eigenvalue weighted by Gasteiger charge is 2.16. The van der Waals surface area contributed by atoms with Crippen LogP contribution in [0, 0.1) is 5.82 Å². The van der Waals surface area contributed by atoms with Gasteiger partial charge in [0.05, 0.1) is 7.11 Å². The van der Waals surface area contributed by atoms with Crippen LogP contribution in [0.2, 0.25) is 0 Å². The standard InChI is InChI=1S/C22H27FN2O5S/c1-22(2,3)30-21(26)24-15-18-13-20(29-4)10-7-17(18)11-12-31(27,28)25-14-16-5-8-19(23)9-6-16/h5-13,25H,14-15H2,1-4H3,(H,24,26)/b12-11+. The predicted octanol–water partition coefficient (Wildman–Crippen LogP) is 3.95. The van der Waals surface area contributed by atoms with Crippen molar-refractivity contribution in [2.24, 2.45) is 0 Å². The Morgan fingerprint density at radius 3 is 2.39 bits per heavy atom. The Bertz CT molecular complexity index is 1030. The van der Waals surface area contributed by atoms with E-state index in [0.29, 0.717) is 22.4 Å². The number of carbonyl (C=O) groups excluding carboxylic acids is 1. The topological polar surface area (TPSA) is 93.7 Å². The number of hydrogen-bond acceptors (Lipinski definition) is 5. The van der Waals surface area contributed by atoms with E-state index in [-0.39, 0.29) is 13.1 Å². The largest absolute Gasteiger partial charge is 0.497 e. The molecule has 1 amide bonds. The second-order valence-corrected chi connectivity index (χ2v) is 9.37. The van der Waals surface area contributed by atoms with Crippen LogP contribution in [0.4, 0.5) is 9.18 Å². The molecular formula is C22H27FN2O5S. The van der Waals surface area contributed by atoms with Crippen molar-refractivity contribution in [2.75, 3.05) is 7.11 Å². The minimum absolute atomic E-state index is 0.0304. The van der Waals surface area contributed by atoms with Crippen LogP contribution in [0.5, 0.6) is 5.75 Å². The van der Waals surface area contributed by atoms with Gasteiger partial charge >= 0.3 is 6.09 Å². The number of carbonyl (C=O) groups is 1. The average Bonchev–Trinajstić information content (AvgIpc) is 2.69. The lowest BCUT2D eigenvalue weighted by Gasteiger charge is -2.20. The lowest BCUT2D eigenvalue weighted by atomic mass is 10.1. The Morgan fingerprint density at radius 1 is 1.10 bits per heavy atom. The van der Waals surface area contributed by atoms with Gasteiger partial charge in [0.2, 0.25) is 10.0 Å². The molecule has 9 heteroatoms. The van der Waals surface area contributed by atoms with E-state index in [1.807, 2.05) is 0 Å². The molecule has 31 heavy (non-hydrogen) atoms. The van der Waals surface area contributed by atoms with Gasteiger partial charge in [-0.2, -0.15) is 0 Å². The fourth-order valence-electron chi connectivity index (χ4n) is 2.50. The summed E-state index contributed by atoms with van der Waals surface area (Å²) in [5.74, 6) is 0.175. The molecule has 2 aromatic rings. The lowest BCUT2D eigenvalue weighted by molar-refractivity contribution is 0.0523. The van der Waals surface area contributed by atoms with Crippen molar-refractivity contribution in [1.82, 2.24) is 10.0 Å². The molecule has 0 bridgehead atoms. The summed E-state index contributed by atoms with van der Waals surface area (Å²) in [4.78, 5) is 11.9. The third-order valence-corrected chi connectivity index (χ3v) is 5.03. The molecule has 0 atom stereocenters. The van der Waals surface area contributed by atoms with Crippen LogP contribution in [-0.4, -0.2) is 27.2 Å². The Balaban J connectivity index is 2.10. The molecule has 2 N–H and O–H groups in total. The molecule has 2 aromatic carbocycles. The average molecular weight is 451 g/mol. The molecular weight excluding hydrogens is 423 g/mol. The van der Waals surface area contributed by atoms with E-state index in [0.717, 1.165) is 5.41 Å². The first kappa shape index (κ1) is 24.4. The number of alkyl carbamates (subject to hydrolysis) is 1. The van der Waals surface area contributed by atoms with Crippen LogP contribution in [-0.2, 0) is 27.8 Å². The van der Waals surface area contributed by atoms with Gasteiger partial charge in [-0.1, -0.05) is 18.2 Å². The van der Waals surface area contributed by atoms with Crippen molar-refractivity contribution >= 4 is 22.2 Å². The number of nitrogens with one attached hydrogen (secondary N) is 2. The summed E-state index contributed by atoms with van der Waals surface area (Å²) in [6.45, 7) is 5.43. The van der Waals surface area contributed by atoms with E-state index >= 15 is 0 Å². The Morgan fingerprint density at radius 2 is 1.77 bits per heavy atom. The fourth-order valence-corrected chi connectivity index (χ4v) is 3.29. The number of rotatable bonds is 8. The van der Waals surface area contributed by atoms with Crippen molar-refractivity contribution in [3.05, 3.63) is 70.4 Å². The zero-order valence-corrected chi connectivity index (χ0v) is 18.8. The van der Waals surface area contributed by atoms with Gasteiger partial charge in [0, 0.05) is 18.5 Å². The van der Waals surface area contributed by atoms with Crippen LogP contribution >= 0.6 is 0 Å². The molecule has 0 fully saturated rings. The molecule has 0 aliphatic carbocycles. The highest BCUT2D eigenvalue weighted by molar-refractivity contribution is 7.92. The Hall–Kier alpha value is -2.91. The number of methoxy groups -OCH3 is 1. The molecule has 0 radical (unpaired) electrons. The van der Waals surface area contributed by atoms with Gasteiger partial charge in [-0.15, -0.1) is 0 Å². The Kier molecular flexibility index (Phi) is 8.18. The van der Waals surface area contributed by atoms with Gasteiger partial charge in [-0.25, -0.2) is 22.3 Å². The summed E-state index contributed by atoms with van der Waals surface area (Å²) in [6, 6.07) is 10.6. The zero-order valence-electron chi connectivity index (χ0n) is 17.9. The molecule has 0 heterocycles. The molecule has 2 rings (SSSR count). The summed E-state index contributed by atoms with van der Waals surface area (Å²) in [5, 5.41) is 3.69. The highest BCUT2D eigenvalue weighted by Crippen LogP contribution is 2.20. The lowest BCUT2D eigenvalue weighted by Crippen LogP contribution is -2.32. The third kappa shape index (κ3) is 8.77. The van der Waals surface area contributed by atoms with Gasteiger partial charge in [0.15, 0.2) is 0 Å². The van der Waals surface area contributed by atoms with Crippen LogP contribution in [0.3, 0.4) is 0 Å². The minimum atomic E-state index is -3.74. The van der Waals surface area contributed by atoms with E-state index in [1.54, 1.807) is 39.0 Å². The molecule has 7 nitrogen and oxygen atoms in total. The SMILES string of the molecule is COc1ccc(/C=C/S(=O)(=O)NCc2ccc(F)cc2)c(CNC(=O)OC(C)(C)C)c1. The second kappa shape index (κ2) is 10.4. The maximum atomic E-state index is 13.0. The summed E-state index contributed by atoms with van der Waals surface area (Å²) in [5.41, 5.74) is 1.23. The van der Waals surface area contributed by atoms with Gasteiger partial charge < -0.3 is 14.8 Å². The smallest absolute Gasteiger partial charge is 0.407 e. The van der Waals surface area contributed by atoms with Crippen molar-refractivity contribution in [1.29, 1.82) is 0 Å². The first-order chi connectivity index (χ1) is 14.5. The van der Waals surface area contributed by atoms with Crippen LogP contribution in [0.25, 0.3) is 6.08 Å². The molecule has 0 saturated heterocycles. The van der Waals surface area contributed by atoms with E-state index in [9.17, 15) is 17.6 Å². The molecule has 168 valence electrons. The Labute approximate surface area is 182 Å². The van der Waals surface area contributed by atoms with Gasteiger partial charge in [-0.3, -0.25) is 0 Å². The molecule has 0 aromatic heterocycles. The zero-order chi connectivity index (χ0) is 23.1. The van der Waals surface area contributed by atoms with E-state index in [1.165, 1.54) is 37.5 Å². The number of benzene rings is 2. The maximum absolute atomic E-state index is 13.0. The summed E-state index contributed by atoms with van der Waals surface area (Å²) >= 11 is 0. The van der Waals surface area contributed by atoms with E-state index < -0.39 is 27.5 Å². The second-order valence-electron chi connectivity index (χ2n) is 7.72. The number of sulfonamides is 1. The number of amides is 1. The van der Waals surface area contributed by atoms with Gasteiger partial charge in [0.25, 0.3) is 0 Å². The third-order valence-electron chi connectivity index (χ3n) is 3.99. The summed E-state index contributed by atoms with van der Waals surface area (Å²) in [7, 11) is -2.23. The minimum Gasteiger partial charge on any atom is -0.497 e. The fraction of sp³-hybridized carbons (Fsp3) is 0.318. The van der Waals surface area contributed by atoms with Crippen LogP contribution < -0.4 is 14.8 Å². The van der Waals surface area contributed by atoms with Crippen LogP contribution in [0.1, 0.15) is 37.5 Å². The van der Waals surface area contributed by atoms with Crippen molar-refractivity contribution in [3.8, 4) is 5.75 Å². The first-order valence-electron chi connectivity index (χ1n) is 9.53. The normalized spacial score (nSPS) is 12.0. The summed E-state index contributed by atoms with van der Waals surface area (Å²) < 4.78 is 50.5.